The fourth-order valence-electron chi connectivity index (χ4n) is 1.09. The van der Waals surface area contributed by atoms with Crippen LogP contribution in [0.25, 0.3) is 0 Å². The number of ether oxygens (including phenoxy) is 1. The molecule has 64 valence electrons. The highest BCUT2D eigenvalue weighted by Gasteiger charge is 2.52. The molecular formula is C7H11FO3. The first kappa shape index (κ1) is 8.46. The lowest BCUT2D eigenvalue weighted by Gasteiger charge is -2.15. The predicted molar refractivity (Wildman–Crippen MR) is 35.6 cm³/mol. The number of carbonyl (C=O) groups is 1. The second-order valence-electron chi connectivity index (χ2n) is 2.99. The van der Waals surface area contributed by atoms with Crippen molar-refractivity contribution in [3.05, 3.63) is 0 Å². The number of aliphatic hydroxyl groups is 1. The minimum atomic E-state index is -1.94. The molecule has 1 rings (SSSR count). The summed E-state index contributed by atoms with van der Waals surface area (Å²) in [4.78, 5) is 10.8. The van der Waals surface area contributed by atoms with Gasteiger partial charge in [-0.3, -0.25) is 0 Å². The summed E-state index contributed by atoms with van der Waals surface area (Å²) in [6.07, 6.45) is -0.683. The van der Waals surface area contributed by atoms with Crippen LogP contribution in [-0.2, 0) is 9.53 Å². The lowest BCUT2D eigenvalue weighted by atomic mass is 9.91. The summed E-state index contributed by atoms with van der Waals surface area (Å²) < 4.78 is 17.8. The molecular weight excluding hydrogens is 151 g/mol. The molecule has 1 heterocycles. The second-order valence-corrected chi connectivity index (χ2v) is 2.99. The zero-order valence-corrected chi connectivity index (χ0v) is 6.50. The van der Waals surface area contributed by atoms with Crippen molar-refractivity contribution in [2.24, 2.45) is 5.92 Å². The third-order valence-corrected chi connectivity index (χ3v) is 2.25. The first-order valence-electron chi connectivity index (χ1n) is 3.51. The molecule has 11 heavy (non-hydrogen) atoms. The number of rotatable bonds is 1. The van der Waals surface area contributed by atoms with Crippen LogP contribution in [-0.4, -0.2) is 29.5 Å². The third-order valence-electron chi connectivity index (χ3n) is 2.25. The van der Waals surface area contributed by atoms with Crippen molar-refractivity contribution in [1.82, 2.24) is 0 Å². The Morgan fingerprint density at radius 2 is 2.36 bits per heavy atom. The van der Waals surface area contributed by atoms with Gasteiger partial charge in [-0.15, -0.1) is 0 Å². The minimum Gasteiger partial charge on any atom is -0.457 e. The minimum absolute atomic E-state index is 0.313. The highest BCUT2D eigenvalue weighted by Crippen LogP contribution is 2.34. The number of esters is 1. The Morgan fingerprint density at radius 3 is 2.55 bits per heavy atom. The third kappa shape index (κ3) is 1.11. The predicted octanol–water partition coefficient (Wildman–Crippen LogP) is 0.268. The zero-order valence-electron chi connectivity index (χ0n) is 6.50. The van der Waals surface area contributed by atoms with Crippen molar-refractivity contribution in [1.29, 1.82) is 0 Å². The van der Waals surface area contributed by atoms with Gasteiger partial charge < -0.3 is 9.84 Å². The summed E-state index contributed by atoms with van der Waals surface area (Å²) in [5.41, 5.74) is -1.94. The van der Waals surface area contributed by atoms with Crippen LogP contribution in [0.3, 0.4) is 0 Å². The van der Waals surface area contributed by atoms with Crippen LogP contribution < -0.4 is 0 Å². The summed E-state index contributed by atoms with van der Waals surface area (Å²) in [7, 11) is 0. The second kappa shape index (κ2) is 2.44. The van der Waals surface area contributed by atoms with E-state index in [0.717, 1.165) is 0 Å². The molecule has 1 aliphatic rings. The topological polar surface area (TPSA) is 46.5 Å². The lowest BCUT2D eigenvalue weighted by Crippen LogP contribution is -2.32. The molecule has 0 bridgehead atoms. The largest absolute Gasteiger partial charge is 0.457 e. The molecule has 0 aromatic carbocycles. The van der Waals surface area contributed by atoms with Crippen molar-refractivity contribution >= 4 is 5.97 Å². The molecule has 0 amide bonds. The fourth-order valence-corrected chi connectivity index (χ4v) is 1.09. The zero-order chi connectivity index (χ0) is 8.65. The van der Waals surface area contributed by atoms with Gasteiger partial charge in [0, 0.05) is 5.92 Å². The molecule has 0 aromatic heterocycles. The lowest BCUT2D eigenvalue weighted by molar-refractivity contribution is -0.150. The molecule has 0 saturated carbocycles. The molecule has 1 unspecified atom stereocenters. The van der Waals surface area contributed by atoms with E-state index < -0.39 is 23.7 Å². The van der Waals surface area contributed by atoms with Gasteiger partial charge in [0.05, 0.1) is 6.61 Å². The molecule has 0 aliphatic carbocycles. The maximum Gasteiger partial charge on any atom is 0.344 e. The van der Waals surface area contributed by atoms with E-state index in [9.17, 15) is 9.18 Å². The quantitative estimate of drug-likeness (QED) is 0.563. The van der Waals surface area contributed by atoms with Gasteiger partial charge in [0.1, 0.15) is 6.10 Å². The maximum absolute atomic E-state index is 13.2. The normalized spacial score (nSPS) is 44.2. The van der Waals surface area contributed by atoms with Crippen LogP contribution in [0.2, 0.25) is 0 Å². The van der Waals surface area contributed by atoms with Gasteiger partial charge in [-0.05, 0) is 6.92 Å². The number of alkyl halides is 1. The molecule has 1 N–H and O–H groups in total. The van der Waals surface area contributed by atoms with E-state index in [1.807, 2.05) is 0 Å². The van der Waals surface area contributed by atoms with Crippen LogP contribution in [0.1, 0.15) is 13.8 Å². The highest BCUT2D eigenvalue weighted by atomic mass is 19.1. The molecule has 3 atom stereocenters. The van der Waals surface area contributed by atoms with Crippen LogP contribution in [0.4, 0.5) is 4.39 Å². The maximum atomic E-state index is 13.2. The van der Waals surface area contributed by atoms with Crippen LogP contribution in [0, 0.1) is 5.92 Å². The monoisotopic (exact) mass is 162 g/mol. The van der Waals surface area contributed by atoms with E-state index in [0.29, 0.717) is 0 Å². The Bertz CT molecular complexity index is 179. The first-order chi connectivity index (χ1) is 5.00. The number of carbonyl (C=O) groups excluding carboxylic acids is 1. The van der Waals surface area contributed by atoms with E-state index in [4.69, 9.17) is 5.11 Å². The molecule has 1 fully saturated rings. The molecule has 0 spiro atoms. The Hall–Kier alpha value is -0.640. The smallest absolute Gasteiger partial charge is 0.344 e. The van der Waals surface area contributed by atoms with Gasteiger partial charge in [-0.25, -0.2) is 9.18 Å². The molecule has 3 nitrogen and oxygen atoms in total. The van der Waals surface area contributed by atoms with E-state index >= 15 is 0 Å². The standard InChI is InChI=1S/C7H11FO3/c1-4-5(3-9)11-6(10)7(4,2)8/h4-5,9H,3H2,1-2H3/t4?,5-,7-/m1/s1. The Labute approximate surface area is 64.2 Å². The van der Waals surface area contributed by atoms with E-state index in [1.54, 1.807) is 6.92 Å². The van der Waals surface area contributed by atoms with Gasteiger partial charge in [-0.1, -0.05) is 6.92 Å². The molecule has 0 aromatic rings. The van der Waals surface area contributed by atoms with Crippen LogP contribution >= 0.6 is 0 Å². The summed E-state index contributed by atoms with van der Waals surface area (Å²) in [5, 5.41) is 8.64. The summed E-state index contributed by atoms with van der Waals surface area (Å²) >= 11 is 0. The number of hydrogen-bond acceptors (Lipinski definition) is 3. The molecule has 4 heteroatoms. The van der Waals surface area contributed by atoms with Gasteiger partial charge in [0.25, 0.3) is 0 Å². The number of hydrogen-bond donors (Lipinski definition) is 1. The van der Waals surface area contributed by atoms with Gasteiger partial charge in [0.15, 0.2) is 0 Å². The van der Waals surface area contributed by atoms with Crippen molar-refractivity contribution in [3.63, 3.8) is 0 Å². The number of cyclic esters (lactones) is 1. The van der Waals surface area contributed by atoms with E-state index in [2.05, 4.69) is 4.74 Å². The van der Waals surface area contributed by atoms with Crippen molar-refractivity contribution < 1.29 is 19.0 Å². The molecule has 1 aliphatic heterocycles. The van der Waals surface area contributed by atoms with Crippen molar-refractivity contribution in [3.8, 4) is 0 Å². The summed E-state index contributed by atoms with van der Waals surface area (Å²) in [6.45, 7) is 2.41. The Morgan fingerprint density at radius 1 is 1.82 bits per heavy atom. The first-order valence-corrected chi connectivity index (χ1v) is 3.51. The van der Waals surface area contributed by atoms with E-state index in [-0.39, 0.29) is 6.61 Å². The Balaban J connectivity index is 2.80. The summed E-state index contributed by atoms with van der Waals surface area (Å²) in [5.74, 6) is -1.44. The van der Waals surface area contributed by atoms with Crippen molar-refractivity contribution in [2.75, 3.05) is 6.61 Å². The fraction of sp³-hybridized carbons (Fsp3) is 0.857. The van der Waals surface area contributed by atoms with Crippen LogP contribution in [0.15, 0.2) is 0 Å². The van der Waals surface area contributed by atoms with Gasteiger partial charge in [-0.2, -0.15) is 0 Å². The highest BCUT2D eigenvalue weighted by molar-refractivity contribution is 5.81. The van der Waals surface area contributed by atoms with Gasteiger partial charge in [0.2, 0.25) is 5.67 Å². The average Bonchev–Trinajstić information content (AvgIpc) is 2.14. The van der Waals surface area contributed by atoms with Gasteiger partial charge >= 0.3 is 5.97 Å². The Kier molecular flexibility index (Phi) is 1.88. The van der Waals surface area contributed by atoms with Crippen LogP contribution in [0.5, 0.6) is 0 Å². The van der Waals surface area contributed by atoms with E-state index in [1.165, 1.54) is 6.92 Å². The summed E-state index contributed by atoms with van der Waals surface area (Å²) in [6, 6.07) is 0. The average molecular weight is 162 g/mol. The molecule has 0 radical (unpaired) electrons. The number of aliphatic hydroxyl groups excluding tert-OH is 1. The number of halogens is 1. The van der Waals surface area contributed by atoms with Crippen molar-refractivity contribution in [2.45, 2.75) is 25.6 Å². The SMILES string of the molecule is CC1[C@@H](CO)OC(=O)[C@]1(C)F. The molecule has 1 saturated heterocycles.